The summed E-state index contributed by atoms with van der Waals surface area (Å²) in [5.41, 5.74) is 3.38. The van der Waals surface area contributed by atoms with Crippen LogP contribution in [-0.4, -0.2) is 20.0 Å². The number of hydrogen-bond acceptors (Lipinski definition) is 5. The van der Waals surface area contributed by atoms with Crippen LogP contribution in [0, 0.1) is 0 Å². The molecule has 0 saturated carbocycles. The summed E-state index contributed by atoms with van der Waals surface area (Å²) in [5.74, 6) is 2.68. The van der Waals surface area contributed by atoms with Crippen molar-refractivity contribution in [1.82, 2.24) is 0 Å². The number of ketones is 1. The maximum atomic E-state index is 12.6. The molecule has 0 aliphatic rings. The van der Waals surface area contributed by atoms with E-state index in [1.807, 2.05) is 54.6 Å². The molecule has 172 valence electrons. The van der Waals surface area contributed by atoms with Gasteiger partial charge in [-0.1, -0.05) is 44.7 Å². The van der Waals surface area contributed by atoms with E-state index in [-0.39, 0.29) is 11.7 Å². The molecule has 0 radical (unpaired) electrons. The van der Waals surface area contributed by atoms with Gasteiger partial charge in [0, 0.05) is 6.07 Å². The minimum atomic E-state index is -0.191. The summed E-state index contributed by atoms with van der Waals surface area (Å²) in [4.78, 5) is 12.6. The van der Waals surface area contributed by atoms with Gasteiger partial charge in [-0.05, 0) is 59.0 Å². The number of ether oxygens (including phenoxy) is 4. The van der Waals surface area contributed by atoms with Crippen molar-refractivity contribution in [1.29, 1.82) is 0 Å². The zero-order valence-electron chi connectivity index (χ0n) is 19.6. The summed E-state index contributed by atoms with van der Waals surface area (Å²) in [6.45, 7) is 8.46. The van der Waals surface area contributed by atoms with Gasteiger partial charge < -0.3 is 18.9 Å². The first kappa shape index (κ1) is 23.9. The zero-order valence-corrected chi connectivity index (χ0v) is 19.6. The van der Waals surface area contributed by atoms with Gasteiger partial charge in [0.1, 0.15) is 36.2 Å². The van der Waals surface area contributed by atoms with Crippen molar-refractivity contribution in [3.63, 3.8) is 0 Å². The van der Waals surface area contributed by atoms with Crippen molar-refractivity contribution in [2.45, 2.75) is 33.0 Å². The van der Waals surface area contributed by atoms with Crippen molar-refractivity contribution in [3.05, 3.63) is 95.6 Å². The van der Waals surface area contributed by atoms with E-state index in [0.717, 1.165) is 28.2 Å². The fourth-order valence-corrected chi connectivity index (χ4v) is 3.34. The first-order chi connectivity index (χ1) is 15.9. The number of allylic oxidation sites excluding steroid dienone is 1. The number of hydrogen-bond donors (Lipinski definition) is 0. The Kier molecular flexibility index (Phi) is 8.14. The summed E-state index contributed by atoms with van der Waals surface area (Å²) in [6, 6.07) is 19.0. The lowest BCUT2D eigenvalue weighted by Crippen LogP contribution is -2.07. The molecule has 0 saturated heterocycles. The van der Waals surface area contributed by atoms with Gasteiger partial charge >= 0.3 is 0 Å². The Morgan fingerprint density at radius 1 is 0.818 bits per heavy atom. The van der Waals surface area contributed by atoms with Crippen molar-refractivity contribution >= 4 is 5.78 Å². The molecule has 5 heteroatoms. The van der Waals surface area contributed by atoms with E-state index in [4.69, 9.17) is 18.9 Å². The maximum absolute atomic E-state index is 12.6. The molecule has 0 aromatic heterocycles. The molecule has 0 N–H and O–H groups in total. The molecule has 3 aromatic carbocycles. The standard InChI is InChI=1S/C28H30O5/c1-6-26(29)25-15-24(19(2)3)27(32-17-20-7-11-22(30-4)12-8-20)16-28(25)33-18-21-9-13-23(31-5)14-10-21/h6-16,19H,1,17-18H2,2-5H3. The van der Waals surface area contributed by atoms with Crippen LogP contribution in [0.4, 0.5) is 0 Å². The van der Waals surface area contributed by atoms with E-state index >= 15 is 0 Å². The third-order valence-electron chi connectivity index (χ3n) is 5.29. The third-order valence-corrected chi connectivity index (χ3v) is 5.29. The second-order valence-electron chi connectivity index (χ2n) is 7.88. The summed E-state index contributed by atoms with van der Waals surface area (Å²) < 4.78 is 22.7. The minimum absolute atomic E-state index is 0.155. The molecule has 3 aromatic rings. The average molecular weight is 447 g/mol. The van der Waals surface area contributed by atoms with Crippen LogP contribution in [0.3, 0.4) is 0 Å². The summed E-state index contributed by atoms with van der Waals surface area (Å²) >= 11 is 0. The van der Waals surface area contributed by atoms with E-state index in [0.29, 0.717) is 30.3 Å². The quantitative estimate of drug-likeness (QED) is 0.254. The van der Waals surface area contributed by atoms with Crippen molar-refractivity contribution in [2.24, 2.45) is 0 Å². The van der Waals surface area contributed by atoms with Gasteiger partial charge in [-0.15, -0.1) is 0 Å². The van der Waals surface area contributed by atoms with Crippen LogP contribution >= 0.6 is 0 Å². The van der Waals surface area contributed by atoms with Crippen LogP contribution in [0.25, 0.3) is 0 Å². The second kappa shape index (κ2) is 11.2. The Hall–Kier alpha value is -3.73. The molecule has 0 fully saturated rings. The Morgan fingerprint density at radius 3 is 1.73 bits per heavy atom. The molecule has 0 aliphatic heterocycles. The second-order valence-corrected chi connectivity index (χ2v) is 7.88. The molecule has 0 aliphatic carbocycles. The minimum Gasteiger partial charge on any atom is -0.497 e. The molecule has 0 heterocycles. The molecule has 5 nitrogen and oxygen atoms in total. The van der Waals surface area contributed by atoms with E-state index < -0.39 is 0 Å². The molecular weight excluding hydrogens is 416 g/mol. The van der Waals surface area contributed by atoms with Gasteiger partial charge in [-0.3, -0.25) is 4.79 Å². The number of methoxy groups -OCH3 is 2. The van der Waals surface area contributed by atoms with Crippen molar-refractivity contribution in [3.8, 4) is 23.0 Å². The SMILES string of the molecule is C=CC(=O)c1cc(C(C)C)c(OCc2ccc(OC)cc2)cc1OCc1ccc(OC)cc1. The largest absolute Gasteiger partial charge is 0.497 e. The smallest absolute Gasteiger partial charge is 0.188 e. The lowest BCUT2D eigenvalue weighted by Gasteiger charge is -2.19. The summed E-state index contributed by atoms with van der Waals surface area (Å²) in [7, 11) is 3.27. The predicted molar refractivity (Wildman–Crippen MR) is 130 cm³/mol. The molecule has 0 atom stereocenters. The molecule has 33 heavy (non-hydrogen) atoms. The number of carbonyl (C=O) groups excluding carboxylic acids is 1. The molecule has 3 rings (SSSR count). The fourth-order valence-electron chi connectivity index (χ4n) is 3.34. The maximum Gasteiger partial charge on any atom is 0.188 e. The van der Waals surface area contributed by atoms with Gasteiger partial charge in [0.2, 0.25) is 0 Å². The highest BCUT2D eigenvalue weighted by molar-refractivity contribution is 6.06. The number of carbonyl (C=O) groups is 1. The van der Waals surface area contributed by atoms with Crippen LogP contribution in [-0.2, 0) is 13.2 Å². The first-order valence-electron chi connectivity index (χ1n) is 10.8. The van der Waals surface area contributed by atoms with E-state index in [9.17, 15) is 4.79 Å². The van der Waals surface area contributed by atoms with Gasteiger partial charge in [-0.25, -0.2) is 0 Å². The predicted octanol–water partition coefficient (Wildman–Crippen LogP) is 6.35. The average Bonchev–Trinajstić information content (AvgIpc) is 2.85. The van der Waals surface area contributed by atoms with Crippen LogP contribution in [0.1, 0.15) is 46.8 Å². The number of rotatable bonds is 11. The zero-order chi connectivity index (χ0) is 23.8. The highest BCUT2D eigenvalue weighted by atomic mass is 16.5. The van der Waals surface area contributed by atoms with Gasteiger partial charge in [0.15, 0.2) is 5.78 Å². The highest BCUT2D eigenvalue weighted by Gasteiger charge is 2.18. The first-order valence-corrected chi connectivity index (χ1v) is 10.8. The van der Waals surface area contributed by atoms with E-state index in [2.05, 4.69) is 20.4 Å². The lowest BCUT2D eigenvalue weighted by molar-refractivity contribution is 0.104. The highest BCUT2D eigenvalue weighted by Crippen LogP contribution is 2.35. The molecule has 0 unspecified atom stereocenters. The molecular formula is C28H30O5. The van der Waals surface area contributed by atoms with Crippen LogP contribution in [0.15, 0.2) is 73.3 Å². The van der Waals surface area contributed by atoms with Crippen LogP contribution in [0.2, 0.25) is 0 Å². The Bertz CT molecular complexity index is 1080. The Balaban J connectivity index is 1.88. The number of benzene rings is 3. The van der Waals surface area contributed by atoms with E-state index in [1.54, 1.807) is 20.3 Å². The fraction of sp³-hybridized carbons (Fsp3) is 0.250. The topological polar surface area (TPSA) is 54.0 Å². The van der Waals surface area contributed by atoms with Gasteiger partial charge in [-0.2, -0.15) is 0 Å². The molecule has 0 spiro atoms. The molecule has 0 amide bonds. The molecule has 0 bridgehead atoms. The third kappa shape index (κ3) is 6.16. The summed E-state index contributed by atoms with van der Waals surface area (Å²) in [5, 5.41) is 0. The Labute approximate surface area is 195 Å². The van der Waals surface area contributed by atoms with Crippen molar-refractivity contribution in [2.75, 3.05) is 14.2 Å². The van der Waals surface area contributed by atoms with Crippen LogP contribution < -0.4 is 18.9 Å². The van der Waals surface area contributed by atoms with Gasteiger partial charge in [0.05, 0.1) is 19.8 Å². The normalized spacial score (nSPS) is 10.6. The Morgan fingerprint density at radius 2 is 1.30 bits per heavy atom. The lowest BCUT2D eigenvalue weighted by atomic mass is 9.97. The van der Waals surface area contributed by atoms with Crippen LogP contribution in [0.5, 0.6) is 23.0 Å². The van der Waals surface area contributed by atoms with E-state index in [1.165, 1.54) is 6.08 Å². The van der Waals surface area contributed by atoms with Gasteiger partial charge in [0.25, 0.3) is 0 Å². The monoisotopic (exact) mass is 446 g/mol. The summed E-state index contributed by atoms with van der Waals surface area (Å²) in [6.07, 6.45) is 1.30. The van der Waals surface area contributed by atoms with Crippen molar-refractivity contribution < 1.29 is 23.7 Å².